The van der Waals surface area contributed by atoms with Crippen molar-refractivity contribution in [2.45, 2.75) is 33.1 Å². The van der Waals surface area contributed by atoms with Gasteiger partial charge in [0.15, 0.2) is 0 Å². The largest absolute Gasteiger partial charge is 0.319 e. The molecule has 128 valence electrons. The Morgan fingerprint density at radius 3 is 2.56 bits per heavy atom. The Morgan fingerprint density at radius 2 is 1.88 bits per heavy atom. The van der Waals surface area contributed by atoms with E-state index in [0.717, 1.165) is 11.1 Å². The molecule has 0 bridgehead atoms. The van der Waals surface area contributed by atoms with Crippen LogP contribution in [0.2, 0.25) is 0 Å². The standard InChI is InChI=1S/C20H21N3O2/c1-4-16(15-8-6-5-7-9-15)19(24)22-18-14(3)21-17-11-10-13(2)12-23(17)20(18)25/h5-12,16H,4H2,1-3H3,(H,22,24)/t16-/m1/s1. The minimum Gasteiger partial charge on any atom is -0.319 e. The van der Waals surface area contributed by atoms with Crippen LogP contribution in [0.4, 0.5) is 5.69 Å². The third-order valence-corrected chi connectivity index (χ3v) is 4.33. The number of carbonyl (C=O) groups is 1. The molecule has 0 aliphatic rings. The molecule has 1 atom stereocenters. The molecule has 0 aliphatic heterocycles. The molecule has 0 saturated carbocycles. The monoisotopic (exact) mass is 335 g/mol. The number of hydrogen-bond donors (Lipinski definition) is 1. The summed E-state index contributed by atoms with van der Waals surface area (Å²) in [4.78, 5) is 30.0. The highest BCUT2D eigenvalue weighted by Crippen LogP contribution is 2.21. The Kier molecular flexibility index (Phi) is 4.65. The fraction of sp³-hybridized carbons (Fsp3) is 0.250. The molecule has 3 rings (SSSR count). The van der Waals surface area contributed by atoms with Crippen LogP contribution in [-0.2, 0) is 4.79 Å². The molecule has 1 N–H and O–H groups in total. The van der Waals surface area contributed by atoms with Gasteiger partial charge in [0.1, 0.15) is 11.3 Å². The van der Waals surface area contributed by atoms with Gasteiger partial charge < -0.3 is 5.32 Å². The average Bonchev–Trinajstić information content (AvgIpc) is 2.61. The number of nitrogens with zero attached hydrogens (tertiary/aromatic N) is 2. The second-order valence-corrected chi connectivity index (χ2v) is 6.17. The summed E-state index contributed by atoms with van der Waals surface area (Å²) in [5.41, 5.74) is 2.95. The van der Waals surface area contributed by atoms with E-state index in [0.29, 0.717) is 17.8 Å². The molecule has 0 fully saturated rings. The van der Waals surface area contributed by atoms with Crippen molar-refractivity contribution in [2.24, 2.45) is 0 Å². The lowest BCUT2D eigenvalue weighted by atomic mass is 9.95. The van der Waals surface area contributed by atoms with Crippen molar-refractivity contribution >= 4 is 17.2 Å². The number of pyridine rings is 1. The highest BCUT2D eigenvalue weighted by Gasteiger charge is 2.21. The van der Waals surface area contributed by atoms with Crippen molar-refractivity contribution in [3.63, 3.8) is 0 Å². The summed E-state index contributed by atoms with van der Waals surface area (Å²) in [5, 5.41) is 2.80. The maximum atomic E-state index is 12.8. The molecule has 5 heteroatoms. The van der Waals surface area contributed by atoms with Gasteiger partial charge in [-0.3, -0.25) is 14.0 Å². The molecule has 2 heterocycles. The normalized spacial score (nSPS) is 12.1. The van der Waals surface area contributed by atoms with E-state index < -0.39 is 0 Å². The quantitative estimate of drug-likeness (QED) is 0.794. The van der Waals surface area contributed by atoms with Crippen LogP contribution < -0.4 is 10.9 Å². The van der Waals surface area contributed by atoms with Gasteiger partial charge >= 0.3 is 0 Å². The van der Waals surface area contributed by atoms with Crippen LogP contribution in [-0.4, -0.2) is 15.3 Å². The van der Waals surface area contributed by atoms with Gasteiger partial charge in [-0.25, -0.2) is 4.98 Å². The fourth-order valence-electron chi connectivity index (χ4n) is 2.97. The minimum absolute atomic E-state index is 0.191. The zero-order valence-corrected chi connectivity index (χ0v) is 14.6. The second-order valence-electron chi connectivity index (χ2n) is 6.17. The second kappa shape index (κ2) is 6.89. The van der Waals surface area contributed by atoms with Gasteiger partial charge in [0.2, 0.25) is 5.91 Å². The molecule has 1 amide bonds. The molecule has 5 nitrogen and oxygen atoms in total. The predicted octanol–water partition coefficient (Wildman–Crippen LogP) is 3.44. The topological polar surface area (TPSA) is 63.5 Å². The van der Waals surface area contributed by atoms with Crippen LogP contribution in [0, 0.1) is 13.8 Å². The number of anilines is 1. The summed E-state index contributed by atoms with van der Waals surface area (Å²) in [7, 11) is 0. The number of aromatic nitrogens is 2. The summed E-state index contributed by atoms with van der Waals surface area (Å²) < 4.78 is 1.47. The van der Waals surface area contributed by atoms with Crippen molar-refractivity contribution in [1.82, 2.24) is 9.38 Å². The molecule has 3 aromatic rings. The molecule has 0 aliphatic carbocycles. The highest BCUT2D eigenvalue weighted by atomic mass is 16.2. The summed E-state index contributed by atoms with van der Waals surface area (Å²) in [6.07, 6.45) is 2.38. The SMILES string of the molecule is CC[C@@H](C(=O)Nc1c(C)nc2ccc(C)cn2c1=O)c1ccccc1. The van der Waals surface area contributed by atoms with E-state index in [2.05, 4.69) is 10.3 Å². The molecule has 0 saturated heterocycles. The number of nitrogens with one attached hydrogen (secondary N) is 1. The molecule has 1 aromatic carbocycles. The van der Waals surface area contributed by atoms with Crippen molar-refractivity contribution < 1.29 is 4.79 Å². The van der Waals surface area contributed by atoms with E-state index in [9.17, 15) is 9.59 Å². The van der Waals surface area contributed by atoms with E-state index in [-0.39, 0.29) is 23.1 Å². The van der Waals surface area contributed by atoms with Crippen LogP contribution in [0.1, 0.15) is 36.1 Å². The maximum Gasteiger partial charge on any atom is 0.281 e. The number of aryl methyl sites for hydroxylation is 2. The fourth-order valence-corrected chi connectivity index (χ4v) is 2.97. The predicted molar refractivity (Wildman–Crippen MR) is 99.0 cm³/mol. The molecule has 0 spiro atoms. The van der Waals surface area contributed by atoms with E-state index in [1.165, 1.54) is 4.40 Å². The summed E-state index contributed by atoms with van der Waals surface area (Å²) in [6.45, 7) is 5.60. The lowest BCUT2D eigenvalue weighted by Gasteiger charge is -2.16. The van der Waals surface area contributed by atoms with Gasteiger partial charge in [0.05, 0.1) is 11.6 Å². The van der Waals surface area contributed by atoms with E-state index >= 15 is 0 Å². The van der Waals surface area contributed by atoms with Crippen LogP contribution in [0.15, 0.2) is 53.5 Å². The molecule has 0 radical (unpaired) electrons. The Bertz CT molecular complexity index is 977. The number of amides is 1. The van der Waals surface area contributed by atoms with Crippen molar-refractivity contribution in [3.8, 4) is 0 Å². The third-order valence-electron chi connectivity index (χ3n) is 4.33. The zero-order chi connectivity index (χ0) is 18.0. The Balaban J connectivity index is 1.99. The van der Waals surface area contributed by atoms with Gasteiger partial charge in [0, 0.05) is 6.20 Å². The number of rotatable bonds is 4. The smallest absolute Gasteiger partial charge is 0.281 e. The van der Waals surface area contributed by atoms with Crippen LogP contribution in [0.25, 0.3) is 5.65 Å². The first kappa shape index (κ1) is 16.9. The van der Waals surface area contributed by atoms with Crippen molar-refractivity contribution in [1.29, 1.82) is 0 Å². The third kappa shape index (κ3) is 3.31. The molecule has 25 heavy (non-hydrogen) atoms. The Labute approximate surface area is 146 Å². The van der Waals surface area contributed by atoms with E-state index in [1.54, 1.807) is 19.2 Å². The molecular weight excluding hydrogens is 314 g/mol. The number of fused-ring (bicyclic) bond motifs is 1. The van der Waals surface area contributed by atoms with Gasteiger partial charge in [0.25, 0.3) is 5.56 Å². The molecular formula is C20H21N3O2. The molecule has 2 aromatic heterocycles. The van der Waals surface area contributed by atoms with Gasteiger partial charge in [-0.2, -0.15) is 0 Å². The van der Waals surface area contributed by atoms with Crippen molar-refractivity contribution in [3.05, 3.63) is 75.8 Å². The lowest BCUT2D eigenvalue weighted by molar-refractivity contribution is -0.117. The van der Waals surface area contributed by atoms with Crippen LogP contribution in [0.5, 0.6) is 0 Å². The van der Waals surface area contributed by atoms with Gasteiger partial charge in [-0.05, 0) is 37.5 Å². The zero-order valence-electron chi connectivity index (χ0n) is 14.6. The van der Waals surface area contributed by atoms with E-state index in [1.807, 2.05) is 50.2 Å². The average molecular weight is 335 g/mol. The summed E-state index contributed by atoms with van der Waals surface area (Å²) in [6, 6.07) is 13.3. The summed E-state index contributed by atoms with van der Waals surface area (Å²) in [5.74, 6) is -0.499. The minimum atomic E-state index is -0.307. The van der Waals surface area contributed by atoms with Crippen LogP contribution in [0.3, 0.4) is 0 Å². The van der Waals surface area contributed by atoms with E-state index in [4.69, 9.17) is 0 Å². The Hall–Kier alpha value is -2.95. The highest BCUT2D eigenvalue weighted by molar-refractivity contribution is 5.96. The summed E-state index contributed by atoms with van der Waals surface area (Å²) >= 11 is 0. The molecule has 0 unspecified atom stereocenters. The maximum absolute atomic E-state index is 12.8. The first-order valence-corrected chi connectivity index (χ1v) is 8.36. The van der Waals surface area contributed by atoms with Gasteiger partial charge in [-0.1, -0.05) is 43.3 Å². The van der Waals surface area contributed by atoms with Gasteiger partial charge in [-0.15, -0.1) is 0 Å². The lowest BCUT2D eigenvalue weighted by Crippen LogP contribution is -2.28. The Morgan fingerprint density at radius 1 is 1.16 bits per heavy atom. The first-order chi connectivity index (χ1) is 12.0. The number of carbonyl (C=O) groups excluding carboxylic acids is 1. The number of benzene rings is 1. The first-order valence-electron chi connectivity index (χ1n) is 8.36. The van der Waals surface area contributed by atoms with Crippen LogP contribution >= 0.6 is 0 Å². The van der Waals surface area contributed by atoms with Crippen molar-refractivity contribution in [2.75, 3.05) is 5.32 Å². The number of hydrogen-bond acceptors (Lipinski definition) is 3.